The van der Waals surface area contributed by atoms with Gasteiger partial charge in [-0.2, -0.15) is 0 Å². The van der Waals surface area contributed by atoms with Crippen LogP contribution in [0.25, 0.3) is 22.0 Å². The smallest absolute Gasteiger partial charge is 0.336 e. The molecule has 4 aromatic carbocycles. The van der Waals surface area contributed by atoms with Gasteiger partial charge in [0, 0.05) is 32.5 Å². The molecule has 5 rings (SSSR count). The maximum Gasteiger partial charge on any atom is 0.336 e. The molecule has 0 bridgehead atoms. The molecule has 0 saturated carbocycles. The Hall–Kier alpha value is -4.54. The van der Waals surface area contributed by atoms with Crippen molar-refractivity contribution in [3.63, 3.8) is 0 Å². The molecule has 200 valence electrons. The van der Waals surface area contributed by atoms with Gasteiger partial charge in [0.1, 0.15) is 5.82 Å². The lowest BCUT2D eigenvalue weighted by molar-refractivity contribution is -0.115. The molecular formula is C30H22FN3O4S2. The van der Waals surface area contributed by atoms with Crippen LogP contribution in [0.1, 0.15) is 27.6 Å². The topological polar surface area (TPSA) is 108 Å². The number of anilines is 2. The van der Waals surface area contributed by atoms with Crippen LogP contribution in [0.5, 0.6) is 0 Å². The van der Waals surface area contributed by atoms with Gasteiger partial charge in [-0.25, -0.2) is 14.2 Å². The van der Waals surface area contributed by atoms with Gasteiger partial charge in [0.05, 0.1) is 16.5 Å². The molecule has 0 spiro atoms. The Balaban J connectivity index is 1.21. The number of carboxylic acids is 1. The molecule has 10 heteroatoms. The van der Waals surface area contributed by atoms with Crippen molar-refractivity contribution in [2.45, 2.75) is 17.1 Å². The normalized spacial score (nSPS) is 11.7. The van der Waals surface area contributed by atoms with Crippen molar-refractivity contribution in [2.75, 3.05) is 10.6 Å². The van der Waals surface area contributed by atoms with Crippen LogP contribution in [0.4, 0.5) is 15.2 Å². The zero-order valence-electron chi connectivity index (χ0n) is 21.1. The van der Waals surface area contributed by atoms with Gasteiger partial charge < -0.3 is 15.7 Å². The highest BCUT2D eigenvalue weighted by Gasteiger charge is 2.18. The predicted octanol–water partition coefficient (Wildman–Crippen LogP) is 7.17. The van der Waals surface area contributed by atoms with Crippen molar-refractivity contribution in [3.05, 3.63) is 107 Å². The SMILES string of the molecule is CC(Sc1ccc(NC(=O)c2cccc3cccc(C(=O)O)c23)cc1)C(=O)Nc1nc(-c2ccc(F)cc2)cs1. The monoisotopic (exact) mass is 571 g/mol. The van der Waals surface area contributed by atoms with E-state index in [9.17, 15) is 23.9 Å². The average Bonchev–Trinajstić information content (AvgIpc) is 3.42. The molecule has 0 radical (unpaired) electrons. The second-order valence-electron chi connectivity index (χ2n) is 8.79. The van der Waals surface area contributed by atoms with E-state index in [-0.39, 0.29) is 22.9 Å². The molecule has 0 fully saturated rings. The van der Waals surface area contributed by atoms with Crippen LogP contribution in [0.15, 0.2) is 95.2 Å². The Morgan fingerprint density at radius 1 is 0.900 bits per heavy atom. The number of fused-ring (bicyclic) bond motifs is 1. The number of nitrogens with one attached hydrogen (secondary N) is 2. The summed E-state index contributed by atoms with van der Waals surface area (Å²) in [7, 11) is 0. The van der Waals surface area contributed by atoms with Gasteiger partial charge in [0.25, 0.3) is 5.91 Å². The number of rotatable bonds is 8. The quantitative estimate of drug-likeness (QED) is 0.170. The average molecular weight is 572 g/mol. The number of benzene rings is 4. The van der Waals surface area contributed by atoms with Gasteiger partial charge in [-0.15, -0.1) is 23.1 Å². The maximum absolute atomic E-state index is 13.2. The fraction of sp³-hybridized carbons (Fsp3) is 0.0667. The summed E-state index contributed by atoms with van der Waals surface area (Å²) in [4.78, 5) is 42.8. The summed E-state index contributed by atoms with van der Waals surface area (Å²) in [6.45, 7) is 1.78. The highest BCUT2D eigenvalue weighted by atomic mass is 32.2. The molecule has 0 aliphatic carbocycles. The number of nitrogens with zero attached hydrogens (tertiary/aromatic N) is 1. The van der Waals surface area contributed by atoms with E-state index in [4.69, 9.17) is 0 Å². The molecule has 1 heterocycles. The second-order valence-corrected chi connectivity index (χ2v) is 11.1. The van der Waals surface area contributed by atoms with E-state index in [0.29, 0.717) is 27.3 Å². The molecule has 0 saturated heterocycles. The third-order valence-corrected chi connectivity index (χ3v) is 7.92. The van der Waals surface area contributed by atoms with E-state index in [1.165, 1.54) is 41.3 Å². The zero-order valence-corrected chi connectivity index (χ0v) is 22.7. The second kappa shape index (κ2) is 11.7. The van der Waals surface area contributed by atoms with Crippen LogP contribution in [-0.4, -0.2) is 33.1 Å². The first-order chi connectivity index (χ1) is 19.3. The highest BCUT2D eigenvalue weighted by Crippen LogP contribution is 2.29. The molecule has 0 aliphatic rings. The molecule has 3 N–H and O–H groups in total. The van der Waals surface area contributed by atoms with E-state index in [1.54, 1.807) is 79.0 Å². The number of thiazole rings is 1. The van der Waals surface area contributed by atoms with Gasteiger partial charge in [0.2, 0.25) is 5.91 Å². The molecule has 7 nitrogen and oxygen atoms in total. The van der Waals surface area contributed by atoms with Crippen molar-refractivity contribution in [3.8, 4) is 11.3 Å². The summed E-state index contributed by atoms with van der Waals surface area (Å²) in [6.07, 6.45) is 0. The van der Waals surface area contributed by atoms with Crippen molar-refractivity contribution in [1.29, 1.82) is 0 Å². The first kappa shape index (κ1) is 27.0. The number of halogens is 1. The number of amides is 2. The van der Waals surface area contributed by atoms with Crippen LogP contribution in [0.3, 0.4) is 0 Å². The zero-order chi connectivity index (χ0) is 28.2. The Morgan fingerprint density at radius 3 is 2.25 bits per heavy atom. The number of carbonyl (C=O) groups is 3. The molecule has 2 amide bonds. The number of aromatic carboxylic acids is 1. The van der Waals surface area contributed by atoms with Crippen LogP contribution >= 0.6 is 23.1 Å². The number of hydrogen-bond donors (Lipinski definition) is 3. The first-order valence-electron chi connectivity index (χ1n) is 12.1. The van der Waals surface area contributed by atoms with Crippen LogP contribution in [0, 0.1) is 5.82 Å². The minimum atomic E-state index is -1.10. The van der Waals surface area contributed by atoms with Crippen LogP contribution in [-0.2, 0) is 4.79 Å². The fourth-order valence-corrected chi connectivity index (χ4v) is 5.66. The standard InChI is InChI=1S/C30H22FN3O4S2/c1-17(27(35)34-30-33-25(16-39-30)18-8-10-20(31)11-9-18)40-22-14-12-21(13-15-22)32-28(36)23-6-2-4-19-5-3-7-24(26(19)23)29(37)38/h2-17H,1H3,(H,32,36)(H,37,38)(H,33,34,35). The summed E-state index contributed by atoms with van der Waals surface area (Å²) in [5.74, 6) is -2.06. The lowest BCUT2D eigenvalue weighted by Crippen LogP contribution is -2.22. The van der Waals surface area contributed by atoms with Gasteiger partial charge in [-0.05, 0) is 73.0 Å². The lowest BCUT2D eigenvalue weighted by Gasteiger charge is -2.12. The van der Waals surface area contributed by atoms with Crippen molar-refractivity contribution in [1.82, 2.24) is 4.98 Å². The summed E-state index contributed by atoms with van der Waals surface area (Å²) in [5, 5.41) is 18.1. The van der Waals surface area contributed by atoms with Crippen LogP contribution in [0.2, 0.25) is 0 Å². The van der Waals surface area contributed by atoms with Gasteiger partial charge in [0.15, 0.2) is 5.13 Å². The first-order valence-corrected chi connectivity index (χ1v) is 13.9. The Labute approximate surface area is 237 Å². The van der Waals surface area contributed by atoms with Crippen molar-refractivity contribution < 1.29 is 23.9 Å². The third kappa shape index (κ3) is 6.03. The Bertz CT molecular complexity index is 1710. The third-order valence-electron chi connectivity index (χ3n) is 6.05. The maximum atomic E-state index is 13.2. The Morgan fingerprint density at radius 2 is 1.57 bits per heavy atom. The number of thioether (sulfide) groups is 1. The van der Waals surface area contributed by atoms with Gasteiger partial charge in [-0.1, -0.05) is 24.3 Å². The minimum Gasteiger partial charge on any atom is -0.478 e. The molecular weight excluding hydrogens is 549 g/mol. The number of hydrogen-bond acceptors (Lipinski definition) is 6. The molecule has 1 unspecified atom stereocenters. The predicted molar refractivity (Wildman–Crippen MR) is 157 cm³/mol. The van der Waals surface area contributed by atoms with Gasteiger partial charge >= 0.3 is 5.97 Å². The molecule has 40 heavy (non-hydrogen) atoms. The largest absolute Gasteiger partial charge is 0.478 e. The van der Waals surface area contributed by atoms with E-state index in [2.05, 4.69) is 15.6 Å². The number of carboxylic acid groups (broad SMARTS) is 1. The van der Waals surface area contributed by atoms with Crippen molar-refractivity contribution in [2.24, 2.45) is 0 Å². The van der Waals surface area contributed by atoms with Gasteiger partial charge in [-0.3, -0.25) is 9.59 Å². The van der Waals surface area contributed by atoms with Crippen molar-refractivity contribution >= 4 is 62.5 Å². The summed E-state index contributed by atoms with van der Waals surface area (Å²) >= 11 is 2.64. The molecule has 0 aliphatic heterocycles. The molecule has 1 atom stereocenters. The van der Waals surface area contributed by atoms with Crippen LogP contribution < -0.4 is 10.6 Å². The lowest BCUT2D eigenvalue weighted by atomic mass is 9.98. The van der Waals surface area contributed by atoms with E-state index >= 15 is 0 Å². The molecule has 5 aromatic rings. The highest BCUT2D eigenvalue weighted by molar-refractivity contribution is 8.00. The summed E-state index contributed by atoms with van der Waals surface area (Å²) < 4.78 is 13.2. The fourth-order valence-electron chi connectivity index (χ4n) is 4.07. The summed E-state index contributed by atoms with van der Waals surface area (Å²) in [5.41, 5.74) is 2.28. The van der Waals surface area contributed by atoms with E-state index < -0.39 is 17.1 Å². The van der Waals surface area contributed by atoms with E-state index in [1.807, 2.05) is 0 Å². The number of carbonyl (C=O) groups excluding carboxylic acids is 2. The number of aromatic nitrogens is 1. The summed E-state index contributed by atoms with van der Waals surface area (Å²) in [6, 6.07) is 23.0. The molecule has 1 aromatic heterocycles. The van der Waals surface area contributed by atoms with E-state index in [0.717, 1.165) is 10.5 Å². The Kier molecular flexibility index (Phi) is 7.90. The minimum absolute atomic E-state index is 0.0617.